The first-order chi connectivity index (χ1) is 31.4. The van der Waals surface area contributed by atoms with Crippen LogP contribution in [0.4, 0.5) is 5.69 Å². The first-order valence-corrected chi connectivity index (χ1v) is 22.3. The molecular weight excluding hydrogens is 847 g/mol. The van der Waals surface area contributed by atoms with E-state index in [-0.39, 0.29) is 45.1 Å². The van der Waals surface area contributed by atoms with Crippen LogP contribution >= 0.6 is 11.3 Å². The van der Waals surface area contributed by atoms with Crippen LogP contribution in [-0.2, 0) is 59.2 Å². The van der Waals surface area contributed by atoms with Gasteiger partial charge in [-0.05, 0) is 77.2 Å². The minimum absolute atomic E-state index is 0.00532. The quantitative estimate of drug-likeness (QED) is 0.0852. The molecule has 16 heteroatoms. The average molecular weight is 900 g/mol. The standard InChI is InChI=1S/C49H53N7O8S/c50-25-7-14-43(57)52-42-30-44(58)53-41(29-37-13-8-26-65-37)48(62)56-40(28-33-15-20-35(21-16-33)34-11-5-2-6-12-34)47(61)55-39(27-32-9-3-1-4-10-32)46(60)54-38(49(63)64)24-19-31-17-22-36(23-18-31)51-45(42)59/h1-6,8-13,15-18,20-23,26,38-42H,7,14,19,24-25,27-30,50H2,(H,51,59)(H,52,57)(H,53,58)(H,54,60)(H,55,61)(H,56,62)(H,63,64). The van der Waals surface area contributed by atoms with Gasteiger partial charge in [0.05, 0.1) is 6.42 Å². The zero-order valence-electron chi connectivity index (χ0n) is 35.7. The van der Waals surface area contributed by atoms with Crippen molar-refractivity contribution in [2.75, 3.05) is 11.9 Å². The molecule has 4 aromatic carbocycles. The van der Waals surface area contributed by atoms with Gasteiger partial charge in [-0.1, -0.05) is 103 Å². The Labute approximate surface area is 381 Å². The molecule has 0 aliphatic carbocycles. The smallest absolute Gasteiger partial charge is 0.326 e. The van der Waals surface area contributed by atoms with Crippen molar-refractivity contribution in [2.45, 2.75) is 81.6 Å². The van der Waals surface area contributed by atoms with Crippen LogP contribution < -0.4 is 37.6 Å². The first-order valence-electron chi connectivity index (χ1n) is 21.5. The van der Waals surface area contributed by atoms with Crippen LogP contribution in [-0.4, -0.2) is 83.3 Å². The van der Waals surface area contributed by atoms with E-state index < -0.39 is 78.0 Å². The molecule has 0 saturated heterocycles. The topological polar surface area (TPSA) is 238 Å². The predicted octanol–water partition coefficient (Wildman–Crippen LogP) is 3.67. The van der Waals surface area contributed by atoms with Gasteiger partial charge in [0.1, 0.15) is 30.2 Å². The van der Waals surface area contributed by atoms with Crippen molar-refractivity contribution in [1.29, 1.82) is 0 Å². The summed E-state index contributed by atoms with van der Waals surface area (Å²) in [5.41, 5.74) is 9.94. The summed E-state index contributed by atoms with van der Waals surface area (Å²) in [6.07, 6.45) is 0.0580. The van der Waals surface area contributed by atoms with Gasteiger partial charge in [-0.2, -0.15) is 0 Å². The summed E-state index contributed by atoms with van der Waals surface area (Å²) in [5, 5.41) is 28.4. The van der Waals surface area contributed by atoms with Crippen molar-refractivity contribution in [3.05, 3.63) is 148 Å². The van der Waals surface area contributed by atoms with Crippen LogP contribution in [0.25, 0.3) is 11.1 Å². The predicted molar refractivity (Wildman–Crippen MR) is 247 cm³/mol. The van der Waals surface area contributed by atoms with Crippen LogP contribution in [0.3, 0.4) is 0 Å². The lowest BCUT2D eigenvalue weighted by Gasteiger charge is -2.27. The summed E-state index contributed by atoms with van der Waals surface area (Å²) in [7, 11) is 0. The fourth-order valence-corrected chi connectivity index (χ4v) is 8.11. The molecule has 2 bridgehead atoms. The van der Waals surface area contributed by atoms with Gasteiger partial charge in [-0.25, -0.2) is 4.79 Å². The van der Waals surface area contributed by atoms with Gasteiger partial charge < -0.3 is 42.7 Å². The zero-order chi connectivity index (χ0) is 46.1. The maximum atomic E-state index is 14.6. The lowest BCUT2D eigenvalue weighted by Crippen LogP contribution is -2.59. The number of fused-ring (bicyclic) bond motifs is 19. The molecular formula is C49H53N7O8S. The number of carbonyl (C=O) groups excluding carboxylic acids is 6. The Hall–Kier alpha value is -7.17. The number of aliphatic carboxylic acids is 1. The lowest BCUT2D eigenvalue weighted by atomic mass is 9.99. The molecule has 1 aromatic heterocycles. The Bertz CT molecular complexity index is 2400. The number of aryl methyl sites for hydroxylation is 1. The Balaban J connectivity index is 1.36. The van der Waals surface area contributed by atoms with Gasteiger partial charge in [0, 0.05) is 36.2 Å². The van der Waals surface area contributed by atoms with Crippen molar-refractivity contribution in [2.24, 2.45) is 5.73 Å². The van der Waals surface area contributed by atoms with Crippen LogP contribution in [0, 0.1) is 0 Å². The SMILES string of the molecule is NCCCC(=O)NC1CC(=O)NC(Cc2cccs2)C(=O)NC(Cc2ccc(-c3ccccc3)cc2)C(=O)NC(Cc2ccccc2)C(=O)NC(C(=O)O)CCc2ccc(cc2)NC1=O. The number of rotatable bonds is 12. The van der Waals surface area contributed by atoms with Crippen molar-refractivity contribution in [3.8, 4) is 11.1 Å². The highest BCUT2D eigenvalue weighted by molar-refractivity contribution is 7.09. The molecule has 65 heavy (non-hydrogen) atoms. The highest BCUT2D eigenvalue weighted by Crippen LogP contribution is 2.21. The lowest BCUT2D eigenvalue weighted by molar-refractivity contribution is -0.142. The molecule has 0 saturated carbocycles. The molecule has 5 atom stereocenters. The van der Waals surface area contributed by atoms with E-state index in [4.69, 9.17) is 5.73 Å². The molecule has 0 radical (unpaired) electrons. The number of nitrogens with one attached hydrogen (secondary N) is 6. The number of thiophene rings is 1. The Kier molecular flexibility index (Phi) is 17.1. The van der Waals surface area contributed by atoms with E-state index in [1.807, 2.05) is 60.0 Å². The van der Waals surface area contributed by atoms with Gasteiger partial charge in [0.25, 0.3) is 0 Å². The van der Waals surface area contributed by atoms with Gasteiger partial charge in [0.2, 0.25) is 35.4 Å². The van der Waals surface area contributed by atoms with Gasteiger partial charge in [0.15, 0.2) is 0 Å². The van der Waals surface area contributed by atoms with E-state index >= 15 is 0 Å². The van der Waals surface area contributed by atoms with Gasteiger partial charge >= 0.3 is 5.97 Å². The van der Waals surface area contributed by atoms with E-state index in [1.54, 1.807) is 66.7 Å². The van der Waals surface area contributed by atoms with Crippen LogP contribution in [0.5, 0.6) is 0 Å². The van der Waals surface area contributed by atoms with Crippen LogP contribution in [0.1, 0.15) is 47.3 Å². The normalized spacial score (nSPS) is 20.1. The number of carbonyl (C=O) groups is 7. The van der Waals surface area contributed by atoms with E-state index in [1.165, 1.54) is 11.3 Å². The molecule has 15 nitrogen and oxygen atoms in total. The first kappa shape index (κ1) is 47.3. The fourth-order valence-electron chi connectivity index (χ4n) is 7.35. The van der Waals surface area contributed by atoms with Gasteiger partial charge in [-0.15, -0.1) is 11.3 Å². The number of hydrogen-bond acceptors (Lipinski definition) is 9. The van der Waals surface area contributed by atoms with Crippen molar-refractivity contribution >= 4 is 58.4 Å². The largest absolute Gasteiger partial charge is 0.480 e. The summed E-state index contributed by atoms with van der Waals surface area (Å²) < 4.78 is 0. The molecule has 6 amide bonds. The minimum atomic E-state index is -1.35. The summed E-state index contributed by atoms with van der Waals surface area (Å²) in [4.78, 5) is 96.9. The monoisotopic (exact) mass is 899 g/mol. The molecule has 7 rings (SSSR count). The molecule has 0 fully saturated rings. The molecule has 2 aliphatic rings. The molecule has 0 spiro atoms. The third-order valence-corrected chi connectivity index (χ3v) is 11.8. The number of amides is 6. The number of carboxylic acids is 1. The number of anilines is 1. The summed E-state index contributed by atoms with van der Waals surface area (Å²) in [6, 6.07) is 29.8. The second-order valence-corrected chi connectivity index (χ2v) is 16.9. The Morgan fingerprint density at radius 3 is 1.83 bits per heavy atom. The number of nitrogens with two attached hydrogens (primary N) is 1. The maximum Gasteiger partial charge on any atom is 0.326 e. The highest BCUT2D eigenvalue weighted by atomic mass is 32.1. The molecule has 2 aliphatic heterocycles. The van der Waals surface area contributed by atoms with E-state index in [0.29, 0.717) is 28.8 Å². The zero-order valence-corrected chi connectivity index (χ0v) is 36.5. The third kappa shape index (κ3) is 14.4. The summed E-state index contributed by atoms with van der Waals surface area (Å²) in [5.74, 6) is -5.37. The van der Waals surface area contributed by atoms with Crippen LogP contribution in [0.15, 0.2) is 127 Å². The summed E-state index contributed by atoms with van der Waals surface area (Å²) >= 11 is 1.36. The second-order valence-electron chi connectivity index (χ2n) is 15.8. The second kappa shape index (κ2) is 23.5. The fraction of sp³-hybridized carbons (Fsp3) is 0.286. The van der Waals surface area contributed by atoms with Crippen LogP contribution in [0.2, 0.25) is 0 Å². The average Bonchev–Trinajstić information content (AvgIpc) is 3.83. The molecule has 9 N–H and O–H groups in total. The molecule has 5 unspecified atom stereocenters. The summed E-state index contributed by atoms with van der Waals surface area (Å²) in [6.45, 7) is 0.238. The number of carboxylic acid groups (broad SMARTS) is 1. The van der Waals surface area contributed by atoms with E-state index in [9.17, 15) is 38.7 Å². The van der Waals surface area contributed by atoms with Crippen molar-refractivity contribution in [1.82, 2.24) is 26.6 Å². The van der Waals surface area contributed by atoms with Gasteiger partial charge in [-0.3, -0.25) is 28.8 Å². The molecule has 338 valence electrons. The molecule has 5 aromatic rings. The Morgan fingerprint density at radius 1 is 0.646 bits per heavy atom. The van der Waals surface area contributed by atoms with Crippen molar-refractivity contribution < 1.29 is 38.7 Å². The Morgan fingerprint density at radius 2 is 1.23 bits per heavy atom. The van der Waals surface area contributed by atoms with Crippen molar-refractivity contribution in [3.63, 3.8) is 0 Å². The minimum Gasteiger partial charge on any atom is -0.480 e. The number of benzene rings is 4. The maximum absolute atomic E-state index is 14.6. The molecule has 3 heterocycles. The highest BCUT2D eigenvalue weighted by Gasteiger charge is 2.33. The van der Waals surface area contributed by atoms with E-state index in [0.717, 1.165) is 16.0 Å². The van der Waals surface area contributed by atoms with E-state index in [2.05, 4.69) is 31.9 Å². The third-order valence-electron chi connectivity index (χ3n) is 10.9. The number of hydrogen-bond donors (Lipinski definition) is 8.